The molecule has 2 aliphatic rings. The van der Waals surface area contributed by atoms with Crippen molar-refractivity contribution in [2.24, 2.45) is 10.1 Å². The molecule has 1 aromatic rings. The van der Waals surface area contributed by atoms with Gasteiger partial charge in [0.05, 0.1) is 12.2 Å². The van der Waals surface area contributed by atoms with Crippen LogP contribution in [0.15, 0.2) is 34.4 Å². The molecular weight excluding hydrogens is 212 g/mol. The summed E-state index contributed by atoms with van der Waals surface area (Å²) in [7, 11) is 0. The summed E-state index contributed by atoms with van der Waals surface area (Å²) in [4.78, 5) is 6.47. The second-order valence-electron chi connectivity index (χ2n) is 3.30. The number of nitrogens with zero attached hydrogens (tertiary/aromatic N) is 3. The van der Waals surface area contributed by atoms with Crippen molar-refractivity contribution in [2.45, 2.75) is 0 Å². The Morgan fingerprint density at radius 1 is 1.27 bits per heavy atom. The fourth-order valence-corrected chi connectivity index (χ4v) is 1.76. The number of fused-ring (bicyclic) bond motifs is 3. The molecular formula is C10H11ClN4. The third-order valence-corrected chi connectivity index (χ3v) is 2.44. The Balaban J connectivity index is 0.000000853. The highest BCUT2D eigenvalue weighted by atomic mass is 35.5. The van der Waals surface area contributed by atoms with Crippen LogP contribution < -0.4 is 10.3 Å². The Morgan fingerprint density at radius 2 is 2.13 bits per heavy atom. The van der Waals surface area contributed by atoms with Gasteiger partial charge in [0.2, 0.25) is 0 Å². The van der Waals surface area contributed by atoms with Crippen LogP contribution in [-0.4, -0.2) is 25.3 Å². The summed E-state index contributed by atoms with van der Waals surface area (Å²) in [5.74, 6) is 0.992. The van der Waals surface area contributed by atoms with Gasteiger partial charge in [-0.2, -0.15) is 5.10 Å². The van der Waals surface area contributed by atoms with E-state index in [9.17, 15) is 0 Å². The van der Waals surface area contributed by atoms with Gasteiger partial charge in [-0.25, -0.2) is 0 Å². The van der Waals surface area contributed by atoms with Gasteiger partial charge in [-0.05, 0) is 6.07 Å². The first kappa shape index (κ1) is 9.98. The van der Waals surface area contributed by atoms with Crippen molar-refractivity contribution >= 4 is 30.1 Å². The van der Waals surface area contributed by atoms with Gasteiger partial charge in [0.1, 0.15) is 6.67 Å². The van der Waals surface area contributed by atoms with Gasteiger partial charge >= 0.3 is 0 Å². The molecule has 0 saturated heterocycles. The number of anilines is 1. The number of benzene rings is 1. The topological polar surface area (TPSA) is 40.0 Å². The minimum absolute atomic E-state index is 0. The second kappa shape index (κ2) is 3.90. The standard InChI is InChI=1S/C10H10N4.ClH/c1-2-4-9-8(3-1)5-11-6-10-13-12-7-14(9)10;/h1-5,12H,6-7H2;1H. The monoisotopic (exact) mass is 222 g/mol. The van der Waals surface area contributed by atoms with Crippen molar-refractivity contribution < 1.29 is 0 Å². The molecule has 15 heavy (non-hydrogen) atoms. The lowest BCUT2D eigenvalue weighted by molar-refractivity contribution is 0.807. The number of aliphatic imine (C=N–C) groups is 1. The predicted octanol–water partition coefficient (Wildman–Crippen LogP) is 1.22. The quantitative estimate of drug-likeness (QED) is 0.717. The normalized spacial score (nSPS) is 16.8. The average molecular weight is 223 g/mol. The Bertz CT molecular complexity index is 427. The van der Waals surface area contributed by atoms with E-state index >= 15 is 0 Å². The van der Waals surface area contributed by atoms with Crippen LogP contribution in [0.5, 0.6) is 0 Å². The van der Waals surface area contributed by atoms with Gasteiger partial charge in [-0.1, -0.05) is 18.2 Å². The van der Waals surface area contributed by atoms with Crippen LogP contribution in [0.3, 0.4) is 0 Å². The molecule has 4 nitrogen and oxygen atoms in total. The molecule has 78 valence electrons. The number of hydrogen-bond donors (Lipinski definition) is 1. The SMILES string of the molecule is C1=NCC2=NNCN2c2ccccc21.Cl. The van der Waals surface area contributed by atoms with Crippen LogP contribution in [0.1, 0.15) is 5.56 Å². The van der Waals surface area contributed by atoms with Crippen LogP contribution in [0.4, 0.5) is 5.69 Å². The zero-order valence-corrected chi connectivity index (χ0v) is 8.87. The summed E-state index contributed by atoms with van der Waals surface area (Å²) in [5.41, 5.74) is 5.31. The van der Waals surface area contributed by atoms with Crippen LogP contribution in [0, 0.1) is 0 Å². The molecule has 0 spiro atoms. The predicted molar refractivity (Wildman–Crippen MR) is 64.1 cm³/mol. The zero-order valence-electron chi connectivity index (χ0n) is 8.05. The molecule has 0 atom stereocenters. The molecule has 5 heteroatoms. The molecule has 0 aliphatic carbocycles. The molecule has 2 heterocycles. The number of hydrogen-bond acceptors (Lipinski definition) is 4. The number of halogens is 1. The Morgan fingerprint density at radius 3 is 3.07 bits per heavy atom. The average Bonchev–Trinajstić information content (AvgIpc) is 2.61. The molecule has 1 aromatic carbocycles. The van der Waals surface area contributed by atoms with Gasteiger partial charge in [-0.15, -0.1) is 12.4 Å². The summed E-state index contributed by atoms with van der Waals surface area (Å²) in [6, 6.07) is 8.22. The van der Waals surface area contributed by atoms with Gasteiger partial charge in [0.15, 0.2) is 5.84 Å². The van der Waals surface area contributed by atoms with Gasteiger partial charge in [0.25, 0.3) is 0 Å². The Hall–Kier alpha value is -1.55. The molecule has 0 fully saturated rings. The molecule has 2 aliphatic heterocycles. The van der Waals surface area contributed by atoms with Crippen molar-refractivity contribution in [1.29, 1.82) is 0 Å². The van der Waals surface area contributed by atoms with E-state index < -0.39 is 0 Å². The summed E-state index contributed by atoms with van der Waals surface area (Å²) in [6.45, 7) is 1.40. The Labute approximate surface area is 94.1 Å². The largest absolute Gasteiger partial charge is 0.307 e. The van der Waals surface area contributed by atoms with Crippen molar-refractivity contribution in [1.82, 2.24) is 5.43 Å². The lowest BCUT2D eigenvalue weighted by atomic mass is 10.2. The van der Waals surface area contributed by atoms with Crippen LogP contribution in [0.25, 0.3) is 0 Å². The fraction of sp³-hybridized carbons (Fsp3) is 0.200. The number of nitrogens with one attached hydrogen (secondary N) is 1. The van der Waals surface area contributed by atoms with Crippen LogP contribution in [0.2, 0.25) is 0 Å². The first-order chi connectivity index (χ1) is 6.95. The van der Waals surface area contributed by atoms with E-state index in [2.05, 4.69) is 32.6 Å². The molecule has 0 aromatic heterocycles. The maximum atomic E-state index is 4.32. The molecule has 0 saturated carbocycles. The summed E-state index contributed by atoms with van der Waals surface area (Å²) in [5, 5.41) is 4.20. The third kappa shape index (κ3) is 1.57. The van der Waals surface area contributed by atoms with E-state index in [1.807, 2.05) is 18.3 Å². The number of amidine groups is 1. The van der Waals surface area contributed by atoms with E-state index in [0.29, 0.717) is 6.54 Å². The van der Waals surface area contributed by atoms with Crippen molar-refractivity contribution in [3.05, 3.63) is 29.8 Å². The van der Waals surface area contributed by atoms with E-state index in [0.717, 1.165) is 18.1 Å². The zero-order chi connectivity index (χ0) is 9.38. The van der Waals surface area contributed by atoms with E-state index in [4.69, 9.17) is 0 Å². The fourth-order valence-electron chi connectivity index (χ4n) is 1.76. The van der Waals surface area contributed by atoms with Crippen LogP contribution >= 0.6 is 12.4 Å². The van der Waals surface area contributed by atoms with Crippen LogP contribution in [-0.2, 0) is 0 Å². The summed E-state index contributed by atoms with van der Waals surface area (Å²) in [6.07, 6.45) is 1.91. The minimum Gasteiger partial charge on any atom is -0.307 e. The van der Waals surface area contributed by atoms with Gasteiger partial charge < -0.3 is 4.90 Å². The van der Waals surface area contributed by atoms with E-state index in [-0.39, 0.29) is 12.4 Å². The lowest BCUT2D eigenvalue weighted by Crippen LogP contribution is -2.30. The first-order valence-electron chi connectivity index (χ1n) is 4.61. The number of rotatable bonds is 0. The summed E-state index contributed by atoms with van der Waals surface area (Å²) >= 11 is 0. The van der Waals surface area contributed by atoms with Gasteiger partial charge in [-0.3, -0.25) is 10.4 Å². The molecule has 0 radical (unpaired) electrons. The highest BCUT2D eigenvalue weighted by Gasteiger charge is 2.21. The molecule has 1 N–H and O–H groups in total. The van der Waals surface area contributed by atoms with Gasteiger partial charge in [0, 0.05) is 11.8 Å². The molecule has 3 rings (SSSR count). The maximum absolute atomic E-state index is 4.32. The molecule has 0 bridgehead atoms. The number of para-hydroxylation sites is 1. The lowest BCUT2D eigenvalue weighted by Gasteiger charge is -2.18. The smallest absolute Gasteiger partial charge is 0.152 e. The summed E-state index contributed by atoms with van der Waals surface area (Å²) < 4.78 is 0. The van der Waals surface area contributed by atoms with Crippen molar-refractivity contribution in [3.8, 4) is 0 Å². The van der Waals surface area contributed by atoms with E-state index in [1.54, 1.807) is 0 Å². The van der Waals surface area contributed by atoms with Crippen molar-refractivity contribution in [2.75, 3.05) is 18.1 Å². The maximum Gasteiger partial charge on any atom is 0.152 e. The highest BCUT2D eigenvalue weighted by molar-refractivity contribution is 6.06. The number of hydrazone groups is 1. The third-order valence-electron chi connectivity index (χ3n) is 2.44. The molecule has 0 amide bonds. The Kier molecular flexibility index (Phi) is 2.60. The second-order valence-corrected chi connectivity index (χ2v) is 3.30. The van der Waals surface area contributed by atoms with E-state index in [1.165, 1.54) is 5.69 Å². The first-order valence-corrected chi connectivity index (χ1v) is 4.61. The highest BCUT2D eigenvalue weighted by Crippen LogP contribution is 2.22. The van der Waals surface area contributed by atoms with Crippen molar-refractivity contribution in [3.63, 3.8) is 0 Å². The molecule has 0 unspecified atom stereocenters. The minimum atomic E-state index is 0.